The maximum atomic E-state index is 12.2. The summed E-state index contributed by atoms with van der Waals surface area (Å²) in [5, 5.41) is 7.45. The smallest absolute Gasteiger partial charge is 0.220 e. The van der Waals surface area contributed by atoms with Crippen LogP contribution in [-0.4, -0.2) is 28.8 Å². The highest BCUT2D eigenvalue weighted by molar-refractivity contribution is 5.76. The highest BCUT2D eigenvalue weighted by atomic mass is 16.5. The average Bonchev–Trinajstić information content (AvgIpc) is 2.83. The lowest BCUT2D eigenvalue weighted by atomic mass is 9.96. The minimum atomic E-state index is 0.0940. The van der Waals surface area contributed by atoms with E-state index in [1.54, 1.807) is 0 Å². The molecule has 1 N–H and O–H groups in total. The normalized spacial score (nSPS) is 16.4. The van der Waals surface area contributed by atoms with E-state index in [-0.39, 0.29) is 5.91 Å². The van der Waals surface area contributed by atoms with Crippen molar-refractivity contribution in [2.24, 2.45) is 13.0 Å². The number of nitrogens with one attached hydrogen (secondary N) is 1. The molecule has 1 aromatic heterocycles. The Bertz CT molecular complexity index is 736. The number of benzene rings is 1. The molecule has 1 atom stereocenters. The number of nitrogens with zero attached hydrogens (tertiary/aromatic N) is 2. The van der Waals surface area contributed by atoms with Crippen molar-refractivity contribution in [3.8, 4) is 5.75 Å². The van der Waals surface area contributed by atoms with Gasteiger partial charge in [-0.3, -0.25) is 9.48 Å². The SMILES string of the molecule is Cc1nn(C)c(C)c1CCC(=O)NC[C@H]1COc2ccccc2C1. The van der Waals surface area contributed by atoms with E-state index in [1.165, 1.54) is 11.1 Å². The van der Waals surface area contributed by atoms with Gasteiger partial charge in [0.2, 0.25) is 5.91 Å². The van der Waals surface area contributed by atoms with E-state index in [0.29, 0.717) is 25.5 Å². The first kappa shape index (κ1) is 16.6. The Balaban J connectivity index is 1.46. The summed E-state index contributed by atoms with van der Waals surface area (Å²) >= 11 is 0. The Morgan fingerprint density at radius 1 is 1.38 bits per heavy atom. The van der Waals surface area contributed by atoms with Crippen LogP contribution in [0.1, 0.15) is 28.9 Å². The molecule has 0 bridgehead atoms. The molecule has 5 nitrogen and oxygen atoms in total. The molecule has 3 rings (SSSR count). The lowest BCUT2D eigenvalue weighted by molar-refractivity contribution is -0.121. The Morgan fingerprint density at radius 3 is 2.92 bits per heavy atom. The van der Waals surface area contributed by atoms with E-state index in [1.807, 2.05) is 43.8 Å². The van der Waals surface area contributed by atoms with Crippen LogP contribution < -0.4 is 10.1 Å². The third kappa shape index (κ3) is 3.61. The molecule has 0 aliphatic carbocycles. The van der Waals surface area contributed by atoms with E-state index in [0.717, 1.165) is 30.0 Å². The van der Waals surface area contributed by atoms with Crippen LogP contribution in [0.25, 0.3) is 0 Å². The molecule has 0 saturated carbocycles. The molecule has 24 heavy (non-hydrogen) atoms. The zero-order valence-electron chi connectivity index (χ0n) is 14.6. The third-order valence-electron chi connectivity index (χ3n) is 4.80. The van der Waals surface area contributed by atoms with Crippen LogP contribution in [0.4, 0.5) is 0 Å². The molecule has 0 saturated heterocycles. The van der Waals surface area contributed by atoms with Gasteiger partial charge in [0.1, 0.15) is 5.75 Å². The quantitative estimate of drug-likeness (QED) is 0.917. The van der Waals surface area contributed by atoms with Crippen molar-refractivity contribution >= 4 is 5.91 Å². The molecule has 2 aromatic rings. The largest absolute Gasteiger partial charge is 0.493 e. The lowest BCUT2D eigenvalue weighted by Gasteiger charge is -2.25. The molecular formula is C19H25N3O2. The number of hydrogen-bond donors (Lipinski definition) is 1. The van der Waals surface area contributed by atoms with Gasteiger partial charge in [-0.15, -0.1) is 0 Å². The highest BCUT2D eigenvalue weighted by Crippen LogP contribution is 2.26. The van der Waals surface area contributed by atoms with Crippen molar-refractivity contribution < 1.29 is 9.53 Å². The first-order valence-electron chi connectivity index (χ1n) is 8.51. The number of carbonyl (C=O) groups excluding carboxylic acids is 1. The monoisotopic (exact) mass is 327 g/mol. The predicted molar refractivity (Wildman–Crippen MR) is 93.1 cm³/mol. The molecule has 0 fully saturated rings. The van der Waals surface area contributed by atoms with Gasteiger partial charge >= 0.3 is 0 Å². The van der Waals surface area contributed by atoms with E-state index in [2.05, 4.69) is 16.5 Å². The standard InChI is InChI=1S/C19H25N3O2/c1-13-17(14(2)22(3)21-13)8-9-19(23)20-11-15-10-16-6-4-5-7-18(16)24-12-15/h4-7,15H,8-12H2,1-3H3,(H,20,23)/t15-/m0/s1. The third-order valence-corrected chi connectivity index (χ3v) is 4.80. The minimum Gasteiger partial charge on any atom is -0.493 e. The maximum Gasteiger partial charge on any atom is 0.220 e. The number of hydrogen-bond acceptors (Lipinski definition) is 3. The van der Waals surface area contributed by atoms with Crippen molar-refractivity contribution in [1.29, 1.82) is 0 Å². The average molecular weight is 327 g/mol. The first-order chi connectivity index (χ1) is 11.5. The first-order valence-corrected chi connectivity index (χ1v) is 8.51. The molecule has 1 aromatic carbocycles. The van der Waals surface area contributed by atoms with Gasteiger partial charge in [-0.1, -0.05) is 18.2 Å². The van der Waals surface area contributed by atoms with Crippen molar-refractivity contribution in [2.45, 2.75) is 33.1 Å². The lowest BCUT2D eigenvalue weighted by Crippen LogP contribution is -2.34. The van der Waals surface area contributed by atoms with Gasteiger partial charge in [-0.25, -0.2) is 0 Å². The topological polar surface area (TPSA) is 56.2 Å². The summed E-state index contributed by atoms with van der Waals surface area (Å²) in [5.41, 5.74) is 4.56. The molecule has 0 unspecified atom stereocenters. The Labute approximate surface area is 143 Å². The molecule has 0 radical (unpaired) electrons. The second kappa shape index (κ2) is 7.07. The van der Waals surface area contributed by atoms with Crippen LogP contribution in [0.3, 0.4) is 0 Å². The van der Waals surface area contributed by atoms with Gasteiger partial charge < -0.3 is 10.1 Å². The van der Waals surface area contributed by atoms with E-state index in [4.69, 9.17) is 4.74 Å². The number of ether oxygens (including phenoxy) is 1. The highest BCUT2D eigenvalue weighted by Gasteiger charge is 2.20. The van der Waals surface area contributed by atoms with Gasteiger partial charge in [-0.05, 0) is 43.9 Å². The number of para-hydroxylation sites is 1. The second-order valence-corrected chi connectivity index (χ2v) is 6.57. The molecule has 1 aliphatic heterocycles. The second-order valence-electron chi connectivity index (χ2n) is 6.57. The van der Waals surface area contributed by atoms with Gasteiger partial charge in [0.25, 0.3) is 0 Å². The summed E-state index contributed by atoms with van der Waals surface area (Å²) in [6, 6.07) is 8.12. The summed E-state index contributed by atoms with van der Waals surface area (Å²) < 4.78 is 7.64. The van der Waals surface area contributed by atoms with Crippen LogP contribution in [0.15, 0.2) is 24.3 Å². The fourth-order valence-electron chi connectivity index (χ4n) is 3.29. The minimum absolute atomic E-state index is 0.0940. The van der Waals surface area contributed by atoms with Crippen LogP contribution in [0.5, 0.6) is 5.75 Å². The number of aryl methyl sites for hydroxylation is 2. The Kier molecular flexibility index (Phi) is 4.88. The van der Waals surface area contributed by atoms with Gasteiger partial charge in [-0.2, -0.15) is 5.10 Å². The Hall–Kier alpha value is -2.30. The predicted octanol–water partition coefficient (Wildman–Crippen LogP) is 2.34. The van der Waals surface area contributed by atoms with Gasteiger partial charge in [0.05, 0.1) is 12.3 Å². The molecule has 1 amide bonds. The zero-order chi connectivity index (χ0) is 17.1. The summed E-state index contributed by atoms with van der Waals surface area (Å²) in [6.07, 6.45) is 2.19. The molecular weight excluding hydrogens is 302 g/mol. The zero-order valence-corrected chi connectivity index (χ0v) is 14.6. The van der Waals surface area contributed by atoms with E-state index < -0.39 is 0 Å². The van der Waals surface area contributed by atoms with Gasteiger partial charge in [0, 0.05) is 31.6 Å². The number of aromatic nitrogens is 2. The van der Waals surface area contributed by atoms with Crippen LogP contribution in [0, 0.1) is 19.8 Å². The maximum absolute atomic E-state index is 12.2. The fraction of sp³-hybridized carbons (Fsp3) is 0.474. The molecule has 2 heterocycles. The summed E-state index contributed by atoms with van der Waals surface area (Å²) in [4.78, 5) is 12.2. The molecule has 128 valence electrons. The van der Waals surface area contributed by atoms with E-state index in [9.17, 15) is 4.79 Å². The number of carbonyl (C=O) groups is 1. The fourth-order valence-corrected chi connectivity index (χ4v) is 3.29. The van der Waals surface area contributed by atoms with Crippen molar-refractivity contribution in [3.63, 3.8) is 0 Å². The summed E-state index contributed by atoms with van der Waals surface area (Å²) in [6.45, 7) is 5.37. The molecule has 0 spiro atoms. The van der Waals surface area contributed by atoms with Crippen molar-refractivity contribution in [2.75, 3.05) is 13.2 Å². The molecule has 1 aliphatic rings. The van der Waals surface area contributed by atoms with Crippen molar-refractivity contribution in [1.82, 2.24) is 15.1 Å². The number of amides is 1. The van der Waals surface area contributed by atoms with E-state index >= 15 is 0 Å². The summed E-state index contributed by atoms with van der Waals surface area (Å²) in [7, 11) is 1.94. The van der Waals surface area contributed by atoms with Crippen LogP contribution in [0.2, 0.25) is 0 Å². The van der Waals surface area contributed by atoms with Gasteiger partial charge in [0.15, 0.2) is 0 Å². The number of fused-ring (bicyclic) bond motifs is 1. The van der Waals surface area contributed by atoms with Crippen LogP contribution in [-0.2, 0) is 24.7 Å². The number of rotatable bonds is 5. The van der Waals surface area contributed by atoms with Crippen molar-refractivity contribution in [3.05, 3.63) is 46.8 Å². The molecule has 5 heteroatoms. The van der Waals surface area contributed by atoms with Crippen LogP contribution >= 0.6 is 0 Å². The Morgan fingerprint density at radius 2 is 2.17 bits per heavy atom. The summed E-state index contributed by atoms with van der Waals surface area (Å²) in [5.74, 6) is 1.41.